The van der Waals surface area contributed by atoms with Crippen molar-refractivity contribution in [2.45, 2.75) is 0 Å². The van der Waals surface area contributed by atoms with E-state index >= 15 is 0 Å². The van der Waals surface area contributed by atoms with E-state index in [1.54, 1.807) is 12.4 Å². The van der Waals surface area contributed by atoms with Crippen LogP contribution in [0.15, 0.2) is 48.8 Å². The summed E-state index contributed by atoms with van der Waals surface area (Å²) in [5, 5.41) is 0. The van der Waals surface area contributed by atoms with Gasteiger partial charge in [0.2, 0.25) is 0 Å². The summed E-state index contributed by atoms with van der Waals surface area (Å²) in [5.74, 6) is -0.713. The lowest BCUT2D eigenvalue weighted by molar-refractivity contribution is 0.515. The lowest BCUT2D eigenvalue weighted by atomic mass is 10.1. The molecular formula is C16H10F2N4. The number of rotatable bonds is 2. The smallest absolute Gasteiger partial charge is 0.186 e. The molecule has 0 fully saturated rings. The average molecular weight is 296 g/mol. The van der Waals surface area contributed by atoms with Gasteiger partial charge < -0.3 is 9.97 Å². The van der Waals surface area contributed by atoms with Crippen molar-refractivity contribution in [3.63, 3.8) is 0 Å². The maximum Gasteiger partial charge on any atom is 0.186 e. The third-order valence-corrected chi connectivity index (χ3v) is 3.48. The number of hydrogen-bond donors (Lipinski definition) is 2. The van der Waals surface area contributed by atoms with Gasteiger partial charge in [-0.25, -0.2) is 18.7 Å². The first-order valence-electron chi connectivity index (χ1n) is 6.67. The first-order valence-corrected chi connectivity index (χ1v) is 6.67. The Morgan fingerprint density at radius 3 is 2.41 bits per heavy atom. The molecule has 4 rings (SSSR count). The third-order valence-electron chi connectivity index (χ3n) is 3.48. The first-order chi connectivity index (χ1) is 10.7. The second kappa shape index (κ2) is 4.77. The van der Waals surface area contributed by atoms with Crippen molar-refractivity contribution in [2.75, 3.05) is 0 Å². The molecule has 0 saturated heterocycles. The minimum Gasteiger partial charge on any atom is -0.345 e. The van der Waals surface area contributed by atoms with E-state index in [-0.39, 0.29) is 5.52 Å². The van der Waals surface area contributed by atoms with Gasteiger partial charge in [0.05, 0.1) is 5.52 Å². The summed E-state index contributed by atoms with van der Waals surface area (Å²) >= 11 is 0. The van der Waals surface area contributed by atoms with Crippen molar-refractivity contribution in [1.29, 1.82) is 0 Å². The molecular weight excluding hydrogens is 286 g/mol. The molecule has 2 aromatic heterocycles. The Labute approximate surface area is 123 Å². The molecule has 4 aromatic rings. The van der Waals surface area contributed by atoms with Crippen molar-refractivity contribution in [3.8, 4) is 22.8 Å². The number of hydrogen-bond acceptors (Lipinski definition) is 2. The molecule has 0 aliphatic carbocycles. The second-order valence-electron chi connectivity index (χ2n) is 4.83. The zero-order valence-corrected chi connectivity index (χ0v) is 11.3. The van der Waals surface area contributed by atoms with Crippen LogP contribution in [0.2, 0.25) is 0 Å². The van der Waals surface area contributed by atoms with Crippen LogP contribution in [0.25, 0.3) is 33.8 Å². The molecule has 0 bridgehead atoms. The SMILES string of the molecule is Fc1ccc2[nH]c(-c3ccccc3-c3ncc[nH]3)nc2c1F. The number of fused-ring (bicyclic) bond motifs is 1. The van der Waals surface area contributed by atoms with Gasteiger partial charge in [0, 0.05) is 23.5 Å². The number of aromatic amines is 2. The lowest BCUT2D eigenvalue weighted by Gasteiger charge is -2.04. The average Bonchev–Trinajstić information content (AvgIpc) is 3.20. The minimum absolute atomic E-state index is 0.00996. The van der Waals surface area contributed by atoms with E-state index in [1.807, 2.05) is 24.3 Å². The Bertz CT molecular complexity index is 958. The first kappa shape index (κ1) is 12.7. The number of benzene rings is 2. The molecule has 4 nitrogen and oxygen atoms in total. The second-order valence-corrected chi connectivity index (χ2v) is 4.83. The number of nitrogens with zero attached hydrogens (tertiary/aromatic N) is 2. The Morgan fingerprint density at radius 2 is 1.68 bits per heavy atom. The van der Waals surface area contributed by atoms with Gasteiger partial charge in [0.1, 0.15) is 17.2 Å². The maximum atomic E-state index is 13.8. The van der Waals surface area contributed by atoms with E-state index in [9.17, 15) is 8.78 Å². The number of nitrogens with one attached hydrogen (secondary N) is 2. The van der Waals surface area contributed by atoms with Crippen LogP contribution in [0.1, 0.15) is 0 Å². The van der Waals surface area contributed by atoms with Crippen LogP contribution in [0.3, 0.4) is 0 Å². The standard InChI is InChI=1S/C16H10F2N4/c17-11-5-6-12-14(13(11)18)22-16(21-12)10-4-2-1-3-9(10)15-19-7-8-20-15/h1-8H,(H,19,20)(H,21,22). The van der Waals surface area contributed by atoms with Gasteiger partial charge >= 0.3 is 0 Å². The highest BCUT2D eigenvalue weighted by atomic mass is 19.2. The van der Waals surface area contributed by atoms with Crippen molar-refractivity contribution < 1.29 is 8.78 Å². The molecule has 0 aliphatic heterocycles. The zero-order chi connectivity index (χ0) is 15.1. The predicted molar refractivity (Wildman–Crippen MR) is 79.0 cm³/mol. The molecule has 2 N–H and O–H groups in total. The molecule has 0 amide bonds. The zero-order valence-electron chi connectivity index (χ0n) is 11.3. The van der Waals surface area contributed by atoms with E-state index in [0.717, 1.165) is 17.2 Å². The van der Waals surface area contributed by atoms with E-state index in [0.29, 0.717) is 17.2 Å². The van der Waals surface area contributed by atoms with Crippen LogP contribution in [-0.2, 0) is 0 Å². The van der Waals surface area contributed by atoms with E-state index in [4.69, 9.17) is 0 Å². The van der Waals surface area contributed by atoms with Gasteiger partial charge in [-0.3, -0.25) is 0 Å². The van der Waals surface area contributed by atoms with E-state index in [2.05, 4.69) is 19.9 Å². The highest BCUT2D eigenvalue weighted by molar-refractivity contribution is 5.84. The fraction of sp³-hybridized carbons (Fsp3) is 0. The Balaban J connectivity index is 1.95. The molecule has 2 aromatic carbocycles. The molecule has 0 radical (unpaired) electrons. The largest absolute Gasteiger partial charge is 0.345 e. The molecule has 0 aliphatic rings. The van der Waals surface area contributed by atoms with Gasteiger partial charge in [0.25, 0.3) is 0 Å². The van der Waals surface area contributed by atoms with Crippen molar-refractivity contribution in [1.82, 2.24) is 19.9 Å². The highest BCUT2D eigenvalue weighted by Crippen LogP contribution is 2.30. The Hall–Kier alpha value is -3.02. The third kappa shape index (κ3) is 1.88. The molecule has 2 heterocycles. The monoisotopic (exact) mass is 296 g/mol. The summed E-state index contributed by atoms with van der Waals surface area (Å²) in [7, 11) is 0. The normalized spacial score (nSPS) is 11.2. The van der Waals surface area contributed by atoms with Gasteiger partial charge in [-0.2, -0.15) is 0 Å². The van der Waals surface area contributed by atoms with Crippen LogP contribution >= 0.6 is 0 Å². The predicted octanol–water partition coefficient (Wildman–Crippen LogP) is 3.90. The van der Waals surface area contributed by atoms with Crippen molar-refractivity contribution >= 4 is 11.0 Å². The summed E-state index contributed by atoms with van der Waals surface area (Å²) in [6.45, 7) is 0. The van der Waals surface area contributed by atoms with Crippen LogP contribution in [-0.4, -0.2) is 19.9 Å². The van der Waals surface area contributed by atoms with Crippen LogP contribution in [0.4, 0.5) is 8.78 Å². The van der Waals surface area contributed by atoms with E-state index < -0.39 is 11.6 Å². The fourth-order valence-corrected chi connectivity index (χ4v) is 2.45. The molecule has 6 heteroatoms. The molecule has 22 heavy (non-hydrogen) atoms. The molecule has 0 atom stereocenters. The summed E-state index contributed by atoms with van der Waals surface area (Å²) in [6.07, 6.45) is 3.37. The summed E-state index contributed by atoms with van der Waals surface area (Å²) in [6, 6.07) is 10.0. The number of imidazole rings is 2. The van der Waals surface area contributed by atoms with Crippen LogP contribution in [0, 0.1) is 11.6 Å². The fourth-order valence-electron chi connectivity index (χ4n) is 2.45. The van der Waals surface area contributed by atoms with Crippen molar-refractivity contribution in [2.24, 2.45) is 0 Å². The Kier molecular flexibility index (Phi) is 2.75. The molecule has 0 unspecified atom stereocenters. The van der Waals surface area contributed by atoms with Crippen LogP contribution < -0.4 is 0 Å². The summed E-state index contributed by atoms with van der Waals surface area (Å²) < 4.78 is 27.1. The molecule has 108 valence electrons. The highest BCUT2D eigenvalue weighted by Gasteiger charge is 2.15. The molecule has 0 saturated carbocycles. The number of H-pyrrole nitrogens is 2. The Morgan fingerprint density at radius 1 is 0.909 bits per heavy atom. The van der Waals surface area contributed by atoms with Gasteiger partial charge in [-0.1, -0.05) is 24.3 Å². The van der Waals surface area contributed by atoms with Crippen LogP contribution in [0.5, 0.6) is 0 Å². The molecule has 0 spiro atoms. The summed E-state index contributed by atoms with van der Waals surface area (Å²) in [4.78, 5) is 14.5. The lowest BCUT2D eigenvalue weighted by Crippen LogP contribution is -1.88. The number of halogens is 2. The quantitative estimate of drug-likeness (QED) is 0.589. The summed E-state index contributed by atoms with van der Waals surface area (Å²) in [5.41, 5.74) is 2.02. The van der Waals surface area contributed by atoms with Gasteiger partial charge in [-0.05, 0) is 12.1 Å². The van der Waals surface area contributed by atoms with Gasteiger partial charge in [-0.15, -0.1) is 0 Å². The topological polar surface area (TPSA) is 57.4 Å². The maximum absolute atomic E-state index is 13.8. The van der Waals surface area contributed by atoms with E-state index in [1.165, 1.54) is 6.07 Å². The van der Waals surface area contributed by atoms with Gasteiger partial charge in [0.15, 0.2) is 11.6 Å². The van der Waals surface area contributed by atoms with Crippen molar-refractivity contribution in [3.05, 3.63) is 60.4 Å². The number of aromatic nitrogens is 4. The minimum atomic E-state index is -0.949.